The Labute approximate surface area is 287 Å². The lowest BCUT2D eigenvalue weighted by Gasteiger charge is -2.13. The lowest BCUT2D eigenvalue weighted by molar-refractivity contribution is 1.14. The van der Waals surface area contributed by atoms with Crippen LogP contribution in [0.1, 0.15) is 0 Å². The van der Waals surface area contributed by atoms with Gasteiger partial charge in [-0.15, -0.1) is 0 Å². The molecular weight excluding hydrogens is 613 g/mol. The fourth-order valence-corrected chi connectivity index (χ4v) is 7.33. The van der Waals surface area contributed by atoms with Crippen molar-refractivity contribution in [1.82, 2.24) is 29.1 Å². The summed E-state index contributed by atoms with van der Waals surface area (Å²) in [4.78, 5) is 19.2. The fourth-order valence-electron chi connectivity index (χ4n) is 7.33. The van der Waals surface area contributed by atoms with Crippen molar-refractivity contribution in [3.05, 3.63) is 170 Å². The van der Waals surface area contributed by atoms with Gasteiger partial charge in [-0.3, -0.25) is 15.0 Å². The van der Waals surface area contributed by atoms with Crippen LogP contribution in [0.2, 0.25) is 0 Å². The number of benzene rings is 4. The lowest BCUT2D eigenvalue weighted by atomic mass is 9.98. The van der Waals surface area contributed by atoms with Crippen LogP contribution >= 0.6 is 0 Å². The van der Waals surface area contributed by atoms with Crippen molar-refractivity contribution in [2.24, 2.45) is 0 Å². The smallest absolute Gasteiger partial charge is 0.0963 e. The molecule has 0 saturated carbocycles. The van der Waals surface area contributed by atoms with E-state index < -0.39 is 0 Å². The summed E-state index contributed by atoms with van der Waals surface area (Å²) in [6.45, 7) is 0. The van der Waals surface area contributed by atoms with Crippen molar-refractivity contribution < 1.29 is 0 Å². The summed E-state index contributed by atoms with van der Waals surface area (Å²) >= 11 is 0. The SMILES string of the molecule is c1ccc(-n2c3ccc(-c4cccc5c4c4ccccc4n5-c4cc(-c5ccccn5)nc(-c5ccccn5)c4)cc3c3ncccc32)cc1. The van der Waals surface area contributed by atoms with Crippen molar-refractivity contribution in [2.45, 2.75) is 0 Å². The number of nitrogens with zero attached hydrogens (tertiary/aromatic N) is 6. The van der Waals surface area contributed by atoms with Crippen molar-refractivity contribution in [3.63, 3.8) is 0 Å². The first-order valence-electron chi connectivity index (χ1n) is 16.6. The summed E-state index contributed by atoms with van der Waals surface area (Å²) in [6, 6.07) is 52.8. The topological polar surface area (TPSA) is 61.4 Å². The highest BCUT2D eigenvalue weighted by atomic mass is 15.0. The van der Waals surface area contributed by atoms with Crippen LogP contribution in [0.25, 0.3) is 89.0 Å². The summed E-state index contributed by atoms with van der Waals surface area (Å²) in [5, 5.41) is 3.49. The highest BCUT2D eigenvalue weighted by Crippen LogP contribution is 2.41. The lowest BCUT2D eigenvalue weighted by Crippen LogP contribution is -1.99. The summed E-state index contributed by atoms with van der Waals surface area (Å²) < 4.78 is 4.64. The zero-order chi connectivity index (χ0) is 33.0. The Morgan fingerprint density at radius 1 is 0.380 bits per heavy atom. The second-order valence-corrected chi connectivity index (χ2v) is 12.4. The van der Waals surface area contributed by atoms with Crippen LogP contribution in [-0.2, 0) is 0 Å². The number of hydrogen-bond acceptors (Lipinski definition) is 4. The van der Waals surface area contributed by atoms with E-state index in [-0.39, 0.29) is 0 Å². The van der Waals surface area contributed by atoms with Gasteiger partial charge in [0.25, 0.3) is 0 Å². The number of aromatic nitrogens is 6. The molecule has 0 aliphatic carbocycles. The van der Waals surface area contributed by atoms with Gasteiger partial charge < -0.3 is 9.13 Å². The van der Waals surface area contributed by atoms with Crippen LogP contribution in [0.15, 0.2) is 170 Å². The molecule has 0 spiro atoms. The average molecular weight is 641 g/mol. The molecule has 10 aromatic rings. The third-order valence-corrected chi connectivity index (χ3v) is 9.47. The molecule has 10 rings (SSSR count). The van der Waals surface area contributed by atoms with Crippen molar-refractivity contribution in [2.75, 3.05) is 0 Å². The highest BCUT2D eigenvalue weighted by molar-refractivity contribution is 6.17. The van der Waals surface area contributed by atoms with Crippen LogP contribution in [0.5, 0.6) is 0 Å². The molecule has 0 radical (unpaired) electrons. The normalized spacial score (nSPS) is 11.6. The largest absolute Gasteiger partial charge is 0.309 e. The zero-order valence-electron chi connectivity index (χ0n) is 26.8. The molecule has 0 saturated heterocycles. The minimum absolute atomic E-state index is 0.790. The molecular formula is C44H28N6. The van der Waals surface area contributed by atoms with Gasteiger partial charge in [-0.2, -0.15) is 0 Å². The Balaban J connectivity index is 1.23. The molecule has 0 unspecified atom stereocenters. The van der Waals surface area contributed by atoms with E-state index in [1.54, 1.807) is 12.4 Å². The second-order valence-electron chi connectivity index (χ2n) is 12.4. The molecule has 4 aromatic carbocycles. The number of hydrogen-bond donors (Lipinski definition) is 0. The predicted octanol–water partition coefficient (Wildman–Crippen LogP) is 10.5. The molecule has 0 bridgehead atoms. The van der Waals surface area contributed by atoms with Crippen molar-refractivity contribution >= 4 is 43.7 Å². The molecule has 0 fully saturated rings. The Kier molecular flexibility index (Phi) is 6.39. The molecule has 0 amide bonds. The molecule has 234 valence electrons. The van der Waals surface area contributed by atoms with Crippen LogP contribution in [0.3, 0.4) is 0 Å². The van der Waals surface area contributed by atoms with Gasteiger partial charge >= 0.3 is 0 Å². The number of pyridine rings is 4. The number of para-hydroxylation sites is 2. The van der Waals surface area contributed by atoms with E-state index in [1.165, 1.54) is 16.3 Å². The quantitative estimate of drug-likeness (QED) is 0.188. The maximum absolute atomic E-state index is 5.04. The average Bonchev–Trinajstić information content (AvgIpc) is 3.71. The molecule has 6 heterocycles. The molecule has 6 heteroatoms. The molecule has 50 heavy (non-hydrogen) atoms. The Morgan fingerprint density at radius 2 is 1.02 bits per heavy atom. The number of rotatable bonds is 5. The minimum Gasteiger partial charge on any atom is -0.309 e. The van der Waals surface area contributed by atoms with Crippen LogP contribution < -0.4 is 0 Å². The summed E-state index contributed by atoms with van der Waals surface area (Å²) in [5.74, 6) is 0. The molecule has 0 aliphatic rings. The van der Waals surface area contributed by atoms with E-state index in [0.29, 0.717) is 0 Å². The van der Waals surface area contributed by atoms with E-state index >= 15 is 0 Å². The van der Waals surface area contributed by atoms with Crippen molar-refractivity contribution in [1.29, 1.82) is 0 Å². The molecule has 0 atom stereocenters. The molecule has 6 nitrogen and oxygen atoms in total. The maximum atomic E-state index is 5.04. The van der Waals surface area contributed by atoms with Gasteiger partial charge in [0.2, 0.25) is 0 Å². The summed E-state index contributed by atoms with van der Waals surface area (Å²) in [6.07, 6.45) is 5.49. The van der Waals surface area contributed by atoms with E-state index in [2.05, 4.69) is 128 Å². The van der Waals surface area contributed by atoms with Gasteiger partial charge in [0.1, 0.15) is 0 Å². The van der Waals surface area contributed by atoms with E-state index in [1.807, 2.05) is 48.7 Å². The monoisotopic (exact) mass is 640 g/mol. The maximum Gasteiger partial charge on any atom is 0.0963 e. The summed E-state index contributed by atoms with van der Waals surface area (Å²) in [5.41, 5.74) is 13.1. The predicted molar refractivity (Wildman–Crippen MR) is 203 cm³/mol. The summed E-state index contributed by atoms with van der Waals surface area (Å²) in [7, 11) is 0. The van der Waals surface area contributed by atoms with Gasteiger partial charge in [-0.1, -0.05) is 66.7 Å². The van der Waals surface area contributed by atoms with Crippen LogP contribution in [0, 0.1) is 0 Å². The standard InChI is InChI=1S/C44H28N6/c1-2-12-30(13-3-1)49-40-22-21-29(26-34(40)44-42(49)20-11-25-47-44)32-15-10-19-41-43(32)33-14-4-5-18-39(33)50(41)31-27-37(35-16-6-8-23-45-35)48-38(28-31)36-17-7-9-24-46-36/h1-28H. The first-order valence-corrected chi connectivity index (χ1v) is 16.6. The third kappa shape index (κ3) is 4.43. The van der Waals surface area contributed by atoms with Gasteiger partial charge in [-0.05, 0) is 96.1 Å². The molecule has 0 aliphatic heterocycles. The number of fused-ring (bicyclic) bond motifs is 6. The molecule has 0 N–H and O–H groups in total. The first kappa shape index (κ1) is 28.1. The minimum atomic E-state index is 0.790. The van der Waals surface area contributed by atoms with Crippen LogP contribution in [-0.4, -0.2) is 29.1 Å². The Hall–Kier alpha value is -6.92. The van der Waals surface area contributed by atoms with E-state index in [9.17, 15) is 0 Å². The highest BCUT2D eigenvalue weighted by Gasteiger charge is 2.20. The van der Waals surface area contributed by atoms with Gasteiger partial charge in [-0.25, -0.2) is 4.98 Å². The van der Waals surface area contributed by atoms with E-state index in [4.69, 9.17) is 9.97 Å². The van der Waals surface area contributed by atoms with Gasteiger partial charge in [0, 0.05) is 40.4 Å². The second kappa shape index (κ2) is 11.4. The van der Waals surface area contributed by atoms with Gasteiger partial charge in [0.15, 0.2) is 0 Å². The fraction of sp³-hybridized carbons (Fsp3) is 0. The van der Waals surface area contributed by atoms with Gasteiger partial charge in [0.05, 0.1) is 56.0 Å². The van der Waals surface area contributed by atoms with Crippen molar-refractivity contribution in [3.8, 4) is 45.3 Å². The molecule has 6 aromatic heterocycles. The third-order valence-electron chi connectivity index (χ3n) is 9.47. The van der Waals surface area contributed by atoms with Crippen LogP contribution in [0.4, 0.5) is 0 Å². The Morgan fingerprint density at radius 3 is 1.78 bits per heavy atom. The first-order chi connectivity index (χ1) is 24.8. The zero-order valence-corrected chi connectivity index (χ0v) is 26.8. The Bertz CT molecular complexity index is 2800. The van der Waals surface area contributed by atoms with E-state index in [0.717, 1.165) is 72.7 Å².